The molecule has 1 N–H and O–H groups in total. The molecule has 1 saturated heterocycles. The number of hydrogen-bond donors (Lipinski definition) is 1. The van der Waals surface area contributed by atoms with Crippen LogP contribution in [0, 0.1) is 17.8 Å². The van der Waals surface area contributed by atoms with Crippen LogP contribution < -0.4 is 9.47 Å². The van der Waals surface area contributed by atoms with E-state index in [0.717, 1.165) is 29.8 Å². The lowest BCUT2D eigenvalue weighted by Gasteiger charge is -2.44. The molecule has 2 heterocycles. The SMILES string of the molecule is CC(C)CC(=O)O.COc1cc2c(cc1OC)C1CCC(CC(C)C)CN1CC2. The van der Waals surface area contributed by atoms with Crippen molar-refractivity contribution in [3.8, 4) is 11.5 Å². The number of fused-ring (bicyclic) bond motifs is 3. The van der Waals surface area contributed by atoms with E-state index in [-0.39, 0.29) is 12.3 Å². The van der Waals surface area contributed by atoms with Gasteiger partial charge in [0.2, 0.25) is 0 Å². The van der Waals surface area contributed by atoms with Gasteiger partial charge in [-0.2, -0.15) is 0 Å². The summed E-state index contributed by atoms with van der Waals surface area (Å²) in [7, 11) is 3.45. The zero-order valence-corrected chi connectivity index (χ0v) is 19.0. The minimum absolute atomic E-state index is 0.275. The van der Waals surface area contributed by atoms with Crippen molar-refractivity contribution >= 4 is 5.97 Å². The molecule has 1 aromatic carbocycles. The molecule has 0 radical (unpaired) electrons. The van der Waals surface area contributed by atoms with E-state index < -0.39 is 5.97 Å². The van der Waals surface area contributed by atoms with E-state index in [0.29, 0.717) is 6.04 Å². The Bertz CT molecular complexity index is 671. The summed E-state index contributed by atoms with van der Waals surface area (Å²) in [6, 6.07) is 4.98. The molecule has 5 heteroatoms. The molecule has 1 fully saturated rings. The van der Waals surface area contributed by atoms with Gasteiger partial charge in [0, 0.05) is 25.6 Å². The number of ether oxygens (including phenoxy) is 2. The Balaban J connectivity index is 0.000000370. The minimum atomic E-state index is -0.713. The first-order valence-electron chi connectivity index (χ1n) is 11.0. The van der Waals surface area contributed by atoms with E-state index in [1.807, 2.05) is 13.8 Å². The predicted molar refractivity (Wildman–Crippen MR) is 117 cm³/mol. The van der Waals surface area contributed by atoms with Crippen LogP contribution in [0.3, 0.4) is 0 Å². The topological polar surface area (TPSA) is 59.0 Å². The maximum atomic E-state index is 9.81. The third-order valence-corrected chi connectivity index (χ3v) is 5.84. The number of methoxy groups -OCH3 is 2. The largest absolute Gasteiger partial charge is 0.493 e. The van der Waals surface area contributed by atoms with Crippen LogP contribution in [0.15, 0.2) is 12.1 Å². The van der Waals surface area contributed by atoms with Gasteiger partial charge in [0.25, 0.3) is 0 Å². The van der Waals surface area contributed by atoms with E-state index >= 15 is 0 Å². The summed E-state index contributed by atoms with van der Waals surface area (Å²) in [6.07, 6.45) is 5.40. The number of carboxylic acid groups (broad SMARTS) is 1. The molecule has 0 amide bonds. The second-order valence-corrected chi connectivity index (χ2v) is 9.23. The summed E-state index contributed by atoms with van der Waals surface area (Å²) < 4.78 is 11.0. The van der Waals surface area contributed by atoms with Crippen LogP contribution in [0.2, 0.25) is 0 Å². The molecule has 29 heavy (non-hydrogen) atoms. The predicted octanol–water partition coefficient (Wildman–Crippen LogP) is 5.18. The molecule has 5 nitrogen and oxygen atoms in total. The zero-order chi connectivity index (χ0) is 21.6. The first-order valence-corrected chi connectivity index (χ1v) is 11.0. The summed E-state index contributed by atoms with van der Waals surface area (Å²) in [6.45, 7) is 10.9. The van der Waals surface area contributed by atoms with Crippen LogP contribution >= 0.6 is 0 Å². The Morgan fingerprint density at radius 3 is 2.28 bits per heavy atom. The highest BCUT2D eigenvalue weighted by molar-refractivity contribution is 5.66. The van der Waals surface area contributed by atoms with E-state index in [4.69, 9.17) is 14.6 Å². The number of nitrogens with zero attached hydrogens (tertiary/aromatic N) is 1. The Morgan fingerprint density at radius 1 is 1.10 bits per heavy atom. The van der Waals surface area contributed by atoms with Gasteiger partial charge in [-0.15, -0.1) is 0 Å². The van der Waals surface area contributed by atoms with Crippen molar-refractivity contribution in [1.29, 1.82) is 0 Å². The molecule has 0 aliphatic carbocycles. The zero-order valence-electron chi connectivity index (χ0n) is 19.0. The third kappa shape index (κ3) is 6.63. The number of benzene rings is 1. The molecule has 1 aromatic rings. The molecule has 0 aromatic heterocycles. The van der Waals surface area contributed by atoms with Crippen molar-refractivity contribution in [3.63, 3.8) is 0 Å². The number of hydrogen-bond acceptors (Lipinski definition) is 4. The third-order valence-electron chi connectivity index (χ3n) is 5.84. The number of carboxylic acids is 1. The molecule has 2 aliphatic heterocycles. The average molecular weight is 406 g/mol. The molecule has 0 saturated carbocycles. The smallest absolute Gasteiger partial charge is 0.303 e. The lowest BCUT2D eigenvalue weighted by Crippen LogP contribution is -2.42. The molecule has 164 valence electrons. The van der Waals surface area contributed by atoms with Gasteiger partial charge >= 0.3 is 5.97 Å². The highest BCUT2D eigenvalue weighted by atomic mass is 16.5. The van der Waals surface area contributed by atoms with Crippen molar-refractivity contribution in [2.75, 3.05) is 27.3 Å². The minimum Gasteiger partial charge on any atom is -0.493 e. The van der Waals surface area contributed by atoms with E-state index in [1.54, 1.807) is 14.2 Å². The molecule has 0 spiro atoms. The summed E-state index contributed by atoms with van der Waals surface area (Å²) in [5.74, 6) is 2.98. The first kappa shape index (κ1) is 23.5. The quantitative estimate of drug-likeness (QED) is 0.707. The maximum Gasteiger partial charge on any atom is 0.303 e. The fourth-order valence-corrected chi connectivity index (χ4v) is 4.66. The number of aliphatic carboxylic acids is 1. The summed E-state index contributed by atoms with van der Waals surface area (Å²) in [5, 5.41) is 8.08. The standard InChI is InChI=1S/C19H29NO2.C5H10O2/c1-13(2)9-14-5-6-17-16-11-19(22-4)18(21-3)10-15(16)7-8-20(17)12-14;1-4(2)3-5(6)7/h10-11,13-14,17H,5-9,12H2,1-4H3;4H,3H2,1-2H3,(H,6,7). The summed E-state index contributed by atoms with van der Waals surface area (Å²) in [4.78, 5) is 12.5. The Labute approximate surface area is 176 Å². The molecule has 3 rings (SSSR count). The summed E-state index contributed by atoms with van der Waals surface area (Å²) >= 11 is 0. The Hall–Kier alpha value is -1.75. The van der Waals surface area contributed by atoms with Crippen molar-refractivity contribution in [3.05, 3.63) is 23.3 Å². The fourth-order valence-electron chi connectivity index (χ4n) is 4.66. The number of piperidine rings is 1. The van der Waals surface area contributed by atoms with Gasteiger partial charge in [0.15, 0.2) is 11.5 Å². The molecular formula is C24H39NO4. The van der Waals surface area contributed by atoms with Crippen LogP contribution in [-0.4, -0.2) is 43.3 Å². The van der Waals surface area contributed by atoms with Gasteiger partial charge in [0.05, 0.1) is 14.2 Å². The van der Waals surface area contributed by atoms with E-state index in [1.165, 1.54) is 43.5 Å². The van der Waals surface area contributed by atoms with Gasteiger partial charge < -0.3 is 14.6 Å². The monoisotopic (exact) mass is 405 g/mol. The first-order chi connectivity index (χ1) is 13.7. The van der Waals surface area contributed by atoms with Crippen molar-refractivity contribution in [1.82, 2.24) is 4.90 Å². The van der Waals surface area contributed by atoms with Crippen LogP contribution in [0.5, 0.6) is 11.5 Å². The van der Waals surface area contributed by atoms with Crippen LogP contribution in [0.4, 0.5) is 0 Å². The van der Waals surface area contributed by atoms with Crippen molar-refractivity contribution in [2.45, 2.75) is 65.8 Å². The van der Waals surface area contributed by atoms with Gasteiger partial charge in [0.1, 0.15) is 0 Å². The molecule has 2 atom stereocenters. The van der Waals surface area contributed by atoms with E-state index in [9.17, 15) is 4.79 Å². The maximum absolute atomic E-state index is 9.81. The lowest BCUT2D eigenvalue weighted by atomic mass is 9.81. The normalized spacial score (nSPS) is 21.1. The second kappa shape index (κ2) is 10.9. The fraction of sp³-hybridized carbons (Fsp3) is 0.708. The molecule has 0 bridgehead atoms. The van der Waals surface area contributed by atoms with Crippen molar-refractivity contribution in [2.24, 2.45) is 17.8 Å². The van der Waals surface area contributed by atoms with Crippen LogP contribution in [0.25, 0.3) is 0 Å². The Kier molecular flexibility index (Phi) is 8.81. The van der Waals surface area contributed by atoms with Gasteiger partial charge in [-0.1, -0.05) is 27.7 Å². The highest BCUT2D eigenvalue weighted by Crippen LogP contribution is 2.43. The van der Waals surface area contributed by atoms with Crippen molar-refractivity contribution < 1.29 is 19.4 Å². The number of rotatable bonds is 6. The molecule has 2 unspecified atom stereocenters. The highest BCUT2D eigenvalue weighted by Gasteiger charge is 2.34. The van der Waals surface area contributed by atoms with Crippen LogP contribution in [-0.2, 0) is 11.2 Å². The van der Waals surface area contributed by atoms with E-state index in [2.05, 4.69) is 30.9 Å². The number of carbonyl (C=O) groups is 1. The Morgan fingerprint density at radius 2 is 1.76 bits per heavy atom. The van der Waals surface area contributed by atoms with Gasteiger partial charge in [-0.05, 0) is 66.7 Å². The molecule has 2 aliphatic rings. The summed E-state index contributed by atoms with van der Waals surface area (Å²) in [5.41, 5.74) is 2.91. The lowest BCUT2D eigenvalue weighted by molar-refractivity contribution is -0.137. The van der Waals surface area contributed by atoms with Gasteiger partial charge in [-0.25, -0.2) is 0 Å². The van der Waals surface area contributed by atoms with Gasteiger partial charge in [-0.3, -0.25) is 9.69 Å². The average Bonchev–Trinajstić information content (AvgIpc) is 2.65. The molecular weight excluding hydrogens is 366 g/mol. The second-order valence-electron chi connectivity index (χ2n) is 9.23. The van der Waals surface area contributed by atoms with Crippen LogP contribution in [0.1, 0.15) is 70.5 Å².